The van der Waals surface area contributed by atoms with Gasteiger partial charge in [-0.15, -0.1) is 0 Å². The van der Waals surface area contributed by atoms with E-state index < -0.39 is 0 Å². The number of aliphatic hydroxyl groups excluding tert-OH is 1. The number of aliphatic hydroxyl groups is 1. The van der Waals surface area contributed by atoms with Gasteiger partial charge in [0.1, 0.15) is 5.82 Å². The molecule has 4 heteroatoms. The maximum atomic E-state index is 8.53. The Labute approximate surface area is 76.9 Å². The van der Waals surface area contributed by atoms with Crippen LogP contribution in [0.5, 0.6) is 0 Å². The van der Waals surface area contributed by atoms with E-state index in [4.69, 9.17) is 16.6 Å². The van der Waals surface area contributed by atoms with Crippen LogP contribution in [0.4, 0.5) is 11.5 Å². The van der Waals surface area contributed by atoms with E-state index in [9.17, 15) is 0 Å². The fraction of sp³-hybridized carbons (Fsp3) is 0.222. The normalized spacial score (nSPS) is 10.8. The molecule has 1 rings (SSSR count). The third-order valence-corrected chi connectivity index (χ3v) is 1.58. The Hall–Kier alpha value is -1.55. The number of nitrogens with two attached hydrogens (primary N) is 2. The van der Waals surface area contributed by atoms with Crippen molar-refractivity contribution in [2.24, 2.45) is 0 Å². The second kappa shape index (κ2) is 4.47. The predicted octanol–water partition coefficient (Wildman–Crippen LogP) is 0.642. The Balaban J connectivity index is 2.73. The van der Waals surface area contributed by atoms with Gasteiger partial charge >= 0.3 is 0 Å². The molecule has 0 aliphatic carbocycles. The van der Waals surface area contributed by atoms with Crippen molar-refractivity contribution >= 4 is 17.6 Å². The van der Waals surface area contributed by atoms with Crippen molar-refractivity contribution in [3.05, 3.63) is 23.9 Å². The number of rotatable bonds is 3. The van der Waals surface area contributed by atoms with Crippen molar-refractivity contribution in [2.75, 3.05) is 18.1 Å². The van der Waals surface area contributed by atoms with Crippen molar-refractivity contribution in [1.29, 1.82) is 0 Å². The van der Waals surface area contributed by atoms with Crippen LogP contribution in [0.3, 0.4) is 0 Å². The average Bonchev–Trinajstić information content (AvgIpc) is 2.12. The van der Waals surface area contributed by atoms with Gasteiger partial charge in [0.2, 0.25) is 0 Å². The quantitative estimate of drug-likeness (QED) is 0.635. The van der Waals surface area contributed by atoms with E-state index in [0.717, 1.165) is 5.56 Å². The summed E-state index contributed by atoms with van der Waals surface area (Å²) in [5.74, 6) is 0.347. The summed E-state index contributed by atoms with van der Waals surface area (Å²) in [6, 6.07) is 1.75. The van der Waals surface area contributed by atoms with Crippen LogP contribution in [-0.2, 0) is 0 Å². The van der Waals surface area contributed by atoms with Crippen molar-refractivity contribution < 1.29 is 5.11 Å². The van der Waals surface area contributed by atoms with E-state index in [1.807, 2.05) is 12.2 Å². The summed E-state index contributed by atoms with van der Waals surface area (Å²) in [5.41, 5.74) is 12.4. The molecule has 0 saturated carbocycles. The van der Waals surface area contributed by atoms with Crippen LogP contribution in [0.2, 0.25) is 0 Å². The van der Waals surface area contributed by atoms with Gasteiger partial charge in [0.15, 0.2) is 0 Å². The first-order valence-electron chi connectivity index (χ1n) is 4.02. The maximum absolute atomic E-state index is 8.53. The Morgan fingerprint density at radius 2 is 2.23 bits per heavy atom. The van der Waals surface area contributed by atoms with Gasteiger partial charge in [-0.05, 0) is 18.1 Å². The number of nitrogens with zero attached hydrogens (tertiary/aromatic N) is 1. The van der Waals surface area contributed by atoms with Crippen molar-refractivity contribution in [2.45, 2.75) is 6.42 Å². The Morgan fingerprint density at radius 3 is 2.85 bits per heavy atom. The maximum Gasteiger partial charge on any atom is 0.146 e. The SMILES string of the molecule is Nc1cc(C=CCCO)cnc1N. The van der Waals surface area contributed by atoms with Gasteiger partial charge in [-0.2, -0.15) is 0 Å². The molecule has 5 N–H and O–H groups in total. The standard InChI is InChI=1S/C9H13N3O/c10-8-5-7(3-1-2-4-13)6-12-9(8)11/h1,3,5-6,13H,2,4,10H2,(H2,11,12). The topological polar surface area (TPSA) is 85.2 Å². The van der Waals surface area contributed by atoms with Crippen LogP contribution in [-0.4, -0.2) is 16.7 Å². The molecule has 0 unspecified atom stereocenters. The molecule has 0 saturated heterocycles. The van der Waals surface area contributed by atoms with Gasteiger partial charge in [-0.1, -0.05) is 12.2 Å². The van der Waals surface area contributed by atoms with E-state index in [-0.39, 0.29) is 6.61 Å². The highest BCUT2D eigenvalue weighted by atomic mass is 16.2. The number of hydrogen-bond acceptors (Lipinski definition) is 4. The molecule has 0 aliphatic heterocycles. The highest BCUT2D eigenvalue weighted by Crippen LogP contribution is 2.13. The number of hydrogen-bond donors (Lipinski definition) is 3. The lowest BCUT2D eigenvalue weighted by Crippen LogP contribution is -1.97. The lowest BCUT2D eigenvalue weighted by Gasteiger charge is -1.99. The van der Waals surface area contributed by atoms with Crippen LogP contribution < -0.4 is 11.5 Å². The summed E-state index contributed by atoms with van der Waals surface area (Å²) in [7, 11) is 0. The molecule has 4 nitrogen and oxygen atoms in total. The Morgan fingerprint density at radius 1 is 1.46 bits per heavy atom. The minimum atomic E-state index is 0.147. The molecule has 0 bridgehead atoms. The first-order chi connectivity index (χ1) is 6.24. The molecule has 0 fully saturated rings. The van der Waals surface area contributed by atoms with Gasteiger partial charge < -0.3 is 16.6 Å². The summed E-state index contributed by atoms with van der Waals surface area (Å²) in [6.45, 7) is 0.147. The number of anilines is 2. The van der Waals surface area contributed by atoms with E-state index in [0.29, 0.717) is 17.9 Å². The lowest BCUT2D eigenvalue weighted by molar-refractivity contribution is 0.303. The van der Waals surface area contributed by atoms with E-state index in [2.05, 4.69) is 4.98 Å². The van der Waals surface area contributed by atoms with Crippen LogP contribution in [0.15, 0.2) is 18.3 Å². The van der Waals surface area contributed by atoms with E-state index >= 15 is 0 Å². The first kappa shape index (κ1) is 9.54. The molecular weight excluding hydrogens is 166 g/mol. The highest BCUT2D eigenvalue weighted by Gasteiger charge is 1.94. The summed E-state index contributed by atoms with van der Waals surface area (Å²) < 4.78 is 0. The van der Waals surface area contributed by atoms with Crippen LogP contribution in [0, 0.1) is 0 Å². The molecular formula is C9H13N3O. The summed E-state index contributed by atoms with van der Waals surface area (Å²) in [4.78, 5) is 3.90. The van der Waals surface area contributed by atoms with E-state index in [1.54, 1.807) is 12.3 Å². The van der Waals surface area contributed by atoms with Crippen LogP contribution >= 0.6 is 0 Å². The van der Waals surface area contributed by atoms with Gasteiger partial charge in [0.25, 0.3) is 0 Å². The van der Waals surface area contributed by atoms with Crippen molar-refractivity contribution in [3.63, 3.8) is 0 Å². The molecule has 0 atom stereocenters. The molecule has 13 heavy (non-hydrogen) atoms. The number of pyridine rings is 1. The molecule has 0 spiro atoms. The minimum Gasteiger partial charge on any atom is -0.396 e. The molecule has 0 aliphatic rings. The Bertz CT molecular complexity index is 310. The average molecular weight is 179 g/mol. The third-order valence-electron chi connectivity index (χ3n) is 1.58. The molecule has 0 radical (unpaired) electrons. The fourth-order valence-corrected chi connectivity index (χ4v) is 0.894. The minimum absolute atomic E-state index is 0.147. The summed E-state index contributed by atoms with van der Waals surface area (Å²) >= 11 is 0. The van der Waals surface area contributed by atoms with Crippen LogP contribution in [0.25, 0.3) is 6.08 Å². The van der Waals surface area contributed by atoms with E-state index in [1.165, 1.54) is 0 Å². The molecule has 1 aromatic rings. The van der Waals surface area contributed by atoms with Gasteiger partial charge in [-0.25, -0.2) is 4.98 Å². The van der Waals surface area contributed by atoms with Gasteiger partial charge in [-0.3, -0.25) is 0 Å². The fourth-order valence-electron chi connectivity index (χ4n) is 0.894. The first-order valence-corrected chi connectivity index (χ1v) is 4.02. The predicted molar refractivity (Wildman–Crippen MR) is 53.8 cm³/mol. The summed E-state index contributed by atoms with van der Waals surface area (Å²) in [6.07, 6.45) is 5.97. The second-order valence-electron chi connectivity index (χ2n) is 2.66. The van der Waals surface area contributed by atoms with Gasteiger partial charge in [0.05, 0.1) is 5.69 Å². The monoisotopic (exact) mass is 179 g/mol. The zero-order valence-electron chi connectivity index (χ0n) is 7.27. The molecule has 0 amide bonds. The highest BCUT2D eigenvalue weighted by molar-refractivity contribution is 5.63. The zero-order valence-corrected chi connectivity index (χ0v) is 7.27. The molecule has 1 aromatic heterocycles. The lowest BCUT2D eigenvalue weighted by atomic mass is 10.2. The molecule has 70 valence electrons. The number of nitrogen functional groups attached to an aromatic ring is 2. The zero-order chi connectivity index (χ0) is 9.68. The smallest absolute Gasteiger partial charge is 0.146 e. The van der Waals surface area contributed by atoms with Crippen molar-refractivity contribution in [1.82, 2.24) is 4.98 Å². The molecule has 1 heterocycles. The number of aromatic nitrogens is 1. The molecule has 0 aromatic carbocycles. The third kappa shape index (κ3) is 2.76. The largest absolute Gasteiger partial charge is 0.396 e. The summed E-state index contributed by atoms with van der Waals surface area (Å²) in [5, 5.41) is 8.53. The van der Waals surface area contributed by atoms with Crippen molar-refractivity contribution in [3.8, 4) is 0 Å². The van der Waals surface area contributed by atoms with Crippen LogP contribution in [0.1, 0.15) is 12.0 Å². The second-order valence-corrected chi connectivity index (χ2v) is 2.66. The van der Waals surface area contributed by atoms with Gasteiger partial charge in [0, 0.05) is 12.8 Å². The Kier molecular flexibility index (Phi) is 3.28.